The number of aliphatic hydroxyl groups is 1. The second kappa shape index (κ2) is 4.64. The molecular formula is C10H11N3O3S. The molecule has 0 saturated heterocycles. The number of hydrogen-bond donors (Lipinski definition) is 2. The number of carbonyl (C=O) groups is 1. The van der Waals surface area contributed by atoms with E-state index in [2.05, 4.69) is 10.3 Å². The van der Waals surface area contributed by atoms with Gasteiger partial charge >= 0.3 is 0 Å². The average Bonchev–Trinajstić information content (AvgIpc) is 2.78. The lowest BCUT2D eigenvalue weighted by atomic mass is 10.3. The number of aromatic nitrogens is 2. The molecule has 1 amide bonds. The topological polar surface area (TPSA) is 83.7 Å². The lowest BCUT2D eigenvalue weighted by Crippen LogP contribution is -2.38. The van der Waals surface area contributed by atoms with Crippen LogP contribution in [0.5, 0.6) is 0 Å². The molecule has 0 aromatic carbocycles. The Hall–Kier alpha value is -1.73. The van der Waals surface area contributed by atoms with Gasteiger partial charge < -0.3 is 10.4 Å². The van der Waals surface area contributed by atoms with Crippen LogP contribution in [0.3, 0.4) is 0 Å². The molecule has 0 saturated carbocycles. The molecule has 0 spiro atoms. The van der Waals surface area contributed by atoms with Gasteiger partial charge in [0.05, 0.1) is 6.61 Å². The van der Waals surface area contributed by atoms with Crippen molar-refractivity contribution in [1.82, 2.24) is 14.7 Å². The van der Waals surface area contributed by atoms with Gasteiger partial charge in [0, 0.05) is 23.8 Å². The SMILES string of the molecule is C[C@H](CO)NC(=O)c1cnc2sccn2c1=O. The van der Waals surface area contributed by atoms with Crippen LogP contribution in [0.25, 0.3) is 4.96 Å². The third-order valence-electron chi connectivity index (χ3n) is 2.24. The second-order valence-electron chi connectivity index (χ2n) is 3.59. The van der Waals surface area contributed by atoms with Crippen LogP contribution in [0.4, 0.5) is 0 Å². The van der Waals surface area contributed by atoms with Crippen molar-refractivity contribution in [2.24, 2.45) is 0 Å². The summed E-state index contributed by atoms with van der Waals surface area (Å²) in [4.78, 5) is 28.2. The Bertz CT molecular complexity index is 604. The number of nitrogens with one attached hydrogen (secondary N) is 1. The molecular weight excluding hydrogens is 242 g/mol. The molecule has 0 radical (unpaired) electrons. The lowest BCUT2D eigenvalue weighted by molar-refractivity contribution is 0.0920. The number of amides is 1. The third-order valence-corrected chi connectivity index (χ3v) is 3.01. The fourth-order valence-corrected chi connectivity index (χ4v) is 2.00. The smallest absolute Gasteiger partial charge is 0.271 e. The van der Waals surface area contributed by atoms with E-state index in [1.54, 1.807) is 18.5 Å². The number of rotatable bonds is 3. The summed E-state index contributed by atoms with van der Waals surface area (Å²) in [5, 5.41) is 13.1. The van der Waals surface area contributed by atoms with E-state index in [0.717, 1.165) is 0 Å². The predicted octanol–water partition coefficient (Wildman–Crippen LogP) is -0.133. The fraction of sp³-hybridized carbons (Fsp3) is 0.300. The van der Waals surface area contributed by atoms with E-state index in [1.165, 1.54) is 21.9 Å². The van der Waals surface area contributed by atoms with Gasteiger partial charge in [0.2, 0.25) is 0 Å². The van der Waals surface area contributed by atoms with Crippen LogP contribution in [0.2, 0.25) is 0 Å². The fourth-order valence-electron chi connectivity index (χ4n) is 1.33. The molecule has 2 aromatic rings. The van der Waals surface area contributed by atoms with E-state index in [1.807, 2.05) is 0 Å². The summed E-state index contributed by atoms with van der Waals surface area (Å²) < 4.78 is 1.32. The molecule has 2 N–H and O–H groups in total. The number of thiazole rings is 1. The minimum atomic E-state index is -0.523. The summed E-state index contributed by atoms with van der Waals surface area (Å²) in [5.41, 5.74) is -0.430. The molecule has 17 heavy (non-hydrogen) atoms. The summed E-state index contributed by atoms with van der Waals surface area (Å²) in [5.74, 6) is -0.523. The average molecular weight is 253 g/mol. The van der Waals surface area contributed by atoms with Crippen LogP contribution in [-0.4, -0.2) is 33.0 Å². The maximum absolute atomic E-state index is 11.9. The van der Waals surface area contributed by atoms with Gasteiger partial charge in [-0.3, -0.25) is 14.0 Å². The Balaban J connectivity index is 2.39. The number of nitrogens with zero attached hydrogens (tertiary/aromatic N) is 2. The van der Waals surface area contributed by atoms with Crippen molar-refractivity contribution >= 4 is 22.2 Å². The maximum atomic E-state index is 11.9. The summed E-state index contributed by atoms with van der Waals surface area (Å²) in [6.07, 6.45) is 2.83. The van der Waals surface area contributed by atoms with Crippen molar-refractivity contribution in [2.45, 2.75) is 13.0 Å². The molecule has 90 valence electrons. The quantitative estimate of drug-likeness (QED) is 0.798. The van der Waals surface area contributed by atoms with Gasteiger partial charge in [-0.2, -0.15) is 0 Å². The minimum absolute atomic E-state index is 0.0267. The number of fused-ring (bicyclic) bond motifs is 1. The van der Waals surface area contributed by atoms with Crippen molar-refractivity contribution < 1.29 is 9.90 Å². The van der Waals surface area contributed by atoms with Gasteiger partial charge in [0.1, 0.15) is 5.56 Å². The second-order valence-corrected chi connectivity index (χ2v) is 4.46. The molecule has 0 bridgehead atoms. The summed E-state index contributed by atoms with van der Waals surface area (Å²) in [6, 6.07) is -0.398. The largest absolute Gasteiger partial charge is 0.394 e. The first-order valence-electron chi connectivity index (χ1n) is 5.00. The summed E-state index contributed by atoms with van der Waals surface area (Å²) >= 11 is 1.32. The van der Waals surface area contributed by atoms with Gasteiger partial charge in [-0.1, -0.05) is 0 Å². The molecule has 6 nitrogen and oxygen atoms in total. The van der Waals surface area contributed by atoms with Crippen LogP contribution in [0.15, 0.2) is 22.6 Å². The lowest BCUT2D eigenvalue weighted by Gasteiger charge is -2.09. The van der Waals surface area contributed by atoms with Crippen LogP contribution in [0, 0.1) is 0 Å². The zero-order chi connectivity index (χ0) is 12.4. The summed E-state index contributed by atoms with van der Waals surface area (Å²) in [6.45, 7) is 1.47. The first-order valence-corrected chi connectivity index (χ1v) is 5.88. The predicted molar refractivity (Wildman–Crippen MR) is 63.4 cm³/mol. The molecule has 7 heteroatoms. The van der Waals surface area contributed by atoms with Gasteiger partial charge in [0.15, 0.2) is 4.96 Å². The molecule has 2 aromatic heterocycles. The number of aliphatic hydroxyl groups excluding tert-OH is 1. The first-order chi connectivity index (χ1) is 8.13. The Morgan fingerprint density at radius 2 is 2.47 bits per heavy atom. The van der Waals surface area contributed by atoms with Crippen molar-refractivity contribution in [2.75, 3.05) is 6.61 Å². The van der Waals surface area contributed by atoms with Gasteiger partial charge in [-0.25, -0.2) is 4.98 Å². The highest BCUT2D eigenvalue weighted by molar-refractivity contribution is 7.15. The van der Waals surface area contributed by atoms with Gasteiger partial charge in [0.25, 0.3) is 11.5 Å². The van der Waals surface area contributed by atoms with Crippen LogP contribution < -0.4 is 10.9 Å². The molecule has 0 unspecified atom stereocenters. The number of hydrogen-bond acceptors (Lipinski definition) is 5. The van der Waals surface area contributed by atoms with Crippen molar-refractivity contribution in [3.05, 3.63) is 33.7 Å². The number of carbonyl (C=O) groups excluding carboxylic acids is 1. The minimum Gasteiger partial charge on any atom is -0.394 e. The molecule has 1 atom stereocenters. The maximum Gasteiger partial charge on any atom is 0.271 e. The van der Waals surface area contributed by atoms with E-state index in [-0.39, 0.29) is 12.2 Å². The highest BCUT2D eigenvalue weighted by Gasteiger charge is 2.15. The highest BCUT2D eigenvalue weighted by atomic mass is 32.1. The summed E-state index contributed by atoms with van der Waals surface area (Å²) in [7, 11) is 0. The Morgan fingerprint density at radius 3 is 3.18 bits per heavy atom. The molecule has 0 aliphatic carbocycles. The van der Waals surface area contributed by atoms with E-state index in [4.69, 9.17) is 5.11 Å². The van der Waals surface area contributed by atoms with E-state index in [0.29, 0.717) is 4.96 Å². The van der Waals surface area contributed by atoms with Crippen LogP contribution in [-0.2, 0) is 0 Å². The van der Waals surface area contributed by atoms with E-state index < -0.39 is 17.5 Å². The zero-order valence-corrected chi connectivity index (χ0v) is 9.90. The first kappa shape index (κ1) is 11.7. The Kier molecular flexibility index (Phi) is 3.21. The standard InChI is InChI=1S/C10H11N3O3S/c1-6(5-14)12-8(15)7-4-11-10-13(9(7)16)2-3-17-10/h2-4,6,14H,5H2,1H3,(H,12,15)/t6-/m1/s1. The van der Waals surface area contributed by atoms with Crippen molar-refractivity contribution in [3.63, 3.8) is 0 Å². The Morgan fingerprint density at radius 1 is 1.71 bits per heavy atom. The monoisotopic (exact) mass is 253 g/mol. The van der Waals surface area contributed by atoms with Crippen molar-refractivity contribution in [3.8, 4) is 0 Å². The Labute approximate surface area is 101 Å². The van der Waals surface area contributed by atoms with E-state index in [9.17, 15) is 9.59 Å². The van der Waals surface area contributed by atoms with Crippen molar-refractivity contribution in [1.29, 1.82) is 0 Å². The molecule has 0 aliphatic heterocycles. The van der Waals surface area contributed by atoms with Crippen LogP contribution in [0.1, 0.15) is 17.3 Å². The molecule has 0 fully saturated rings. The zero-order valence-electron chi connectivity index (χ0n) is 9.08. The van der Waals surface area contributed by atoms with Crippen LogP contribution >= 0.6 is 11.3 Å². The van der Waals surface area contributed by atoms with Gasteiger partial charge in [-0.05, 0) is 6.92 Å². The van der Waals surface area contributed by atoms with E-state index >= 15 is 0 Å². The molecule has 0 aliphatic rings. The molecule has 2 rings (SSSR count). The molecule has 2 heterocycles. The normalized spacial score (nSPS) is 12.6. The van der Waals surface area contributed by atoms with Gasteiger partial charge in [-0.15, -0.1) is 11.3 Å². The highest BCUT2D eigenvalue weighted by Crippen LogP contribution is 2.05. The third kappa shape index (κ3) is 2.20.